The van der Waals surface area contributed by atoms with Crippen molar-refractivity contribution in [3.8, 4) is 11.3 Å². The van der Waals surface area contributed by atoms with Crippen molar-refractivity contribution in [2.75, 3.05) is 17.6 Å². The highest BCUT2D eigenvalue weighted by atomic mass is 32.2. The van der Waals surface area contributed by atoms with Crippen LogP contribution in [0.2, 0.25) is 0 Å². The summed E-state index contributed by atoms with van der Waals surface area (Å²) in [5.74, 6) is -2.64. The number of aliphatic hydroxyl groups excluding tert-OH is 1. The van der Waals surface area contributed by atoms with Gasteiger partial charge >= 0.3 is 5.97 Å². The van der Waals surface area contributed by atoms with Crippen LogP contribution in [0.25, 0.3) is 17.3 Å². The fourth-order valence-corrected chi connectivity index (χ4v) is 3.32. The van der Waals surface area contributed by atoms with E-state index in [1.54, 1.807) is 0 Å². The van der Waals surface area contributed by atoms with Crippen LogP contribution in [0.5, 0.6) is 0 Å². The van der Waals surface area contributed by atoms with Crippen molar-refractivity contribution in [2.24, 2.45) is 0 Å². The normalized spacial score (nSPS) is 12.8. The summed E-state index contributed by atoms with van der Waals surface area (Å²) in [7, 11) is -2.35. The zero-order chi connectivity index (χ0) is 24.9. The minimum Gasteiger partial charge on any atom is -0.481 e. The molecule has 1 atom stereocenters. The number of aliphatic carboxylic acids is 1. The number of carbonyl (C=O) groups is 2. The van der Waals surface area contributed by atoms with Crippen LogP contribution in [0.3, 0.4) is 0 Å². The Morgan fingerprint density at radius 2 is 1.79 bits per heavy atom. The number of carbonyl (C=O) groups excluding carboxylic acids is 1. The first-order valence-electron chi connectivity index (χ1n) is 10.0. The Morgan fingerprint density at radius 3 is 2.30 bits per heavy atom. The lowest BCUT2D eigenvalue weighted by molar-refractivity contribution is -0.140. The van der Waals surface area contributed by atoms with Crippen molar-refractivity contribution in [2.45, 2.75) is 38.7 Å². The molecular weight excluding hydrogens is 453 g/mol. The van der Waals surface area contributed by atoms with Crippen LogP contribution in [-0.4, -0.2) is 59.8 Å². The summed E-state index contributed by atoms with van der Waals surface area (Å²) in [6, 6.07) is 5.44. The standard InChI is InChI=1S/C22H26FN3O6S/c1-13(2)20-18(10-9-16(27)11-17(28)12-19(29)30)21(14-5-7-15(23)8-6-14)25-22(24-20)26(3)33(4,31)32/h5-10,13,16,27H,11-12H2,1-4H3,(H,29,30)/b10-9+/t16-/m1/s1. The summed E-state index contributed by atoms with van der Waals surface area (Å²) >= 11 is 0. The van der Waals surface area contributed by atoms with Gasteiger partial charge in [-0.15, -0.1) is 0 Å². The summed E-state index contributed by atoms with van der Waals surface area (Å²) < 4.78 is 38.5. The maximum Gasteiger partial charge on any atom is 0.310 e. The number of aliphatic hydroxyl groups is 1. The van der Waals surface area contributed by atoms with Crippen LogP contribution < -0.4 is 4.31 Å². The van der Waals surface area contributed by atoms with Crippen molar-refractivity contribution in [1.82, 2.24) is 9.97 Å². The summed E-state index contributed by atoms with van der Waals surface area (Å²) in [5, 5.41) is 18.9. The van der Waals surface area contributed by atoms with Gasteiger partial charge in [0.15, 0.2) is 0 Å². The number of hydrogen-bond acceptors (Lipinski definition) is 7. The number of carboxylic acids is 1. The molecule has 0 saturated carbocycles. The van der Waals surface area contributed by atoms with E-state index < -0.39 is 40.1 Å². The van der Waals surface area contributed by atoms with Gasteiger partial charge in [-0.3, -0.25) is 9.59 Å². The lowest BCUT2D eigenvalue weighted by Crippen LogP contribution is -2.27. The SMILES string of the molecule is CC(C)c1nc(N(C)S(C)(=O)=O)nc(-c2ccc(F)cc2)c1/C=C/[C@@H](O)CC(=O)CC(=O)O. The number of carboxylic acid groups (broad SMARTS) is 1. The average molecular weight is 480 g/mol. The first kappa shape index (κ1) is 26.1. The number of anilines is 1. The molecule has 33 heavy (non-hydrogen) atoms. The molecule has 178 valence electrons. The number of nitrogens with zero attached hydrogens (tertiary/aromatic N) is 3. The van der Waals surface area contributed by atoms with Crippen molar-refractivity contribution in [1.29, 1.82) is 0 Å². The van der Waals surface area contributed by atoms with Crippen molar-refractivity contribution < 1.29 is 32.6 Å². The summed E-state index contributed by atoms with van der Waals surface area (Å²) in [5.41, 5.74) is 1.71. The number of Topliss-reactive ketones (excluding diaryl/α,β-unsaturated/α-hetero) is 1. The predicted octanol–water partition coefficient (Wildman–Crippen LogP) is 2.61. The van der Waals surface area contributed by atoms with Crippen LogP contribution >= 0.6 is 0 Å². The van der Waals surface area contributed by atoms with E-state index in [4.69, 9.17) is 5.11 Å². The van der Waals surface area contributed by atoms with E-state index in [-0.39, 0.29) is 18.3 Å². The van der Waals surface area contributed by atoms with E-state index in [9.17, 15) is 27.5 Å². The summed E-state index contributed by atoms with van der Waals surface area (Å²) in [6.45, 7) is 3.68. The van der Waals surface area contributed by atoms with Gasteiger partial charge in [-0.05, 0) is 30.2 Å². The molecule has 0 aliphatic rings. The van der Waals surface area contributed by atoms with Crippen molar-refractivity contribution in [3.05, 3.63) is 47.4 Å². The van der Waals surface area contributed by atoms with Gasteiger partial charge in [-0.25, -0.2) is 27.1 Å². The Hall–Kier alpha value is -3.18. The molecule has 1 aromatic carbocycles. The molecule has 2 N–H and O–H groups in total. The Labute approximate surface area is 191 Å². The molecule has 0 radical (unpaired) electrons. The lowest BCUT2D eigenvalue weighted by atomic mass is 9.97. The molecule has 2 aromatic rings. The van der Waals surface area contributed by atoms with E-state index in [1.165, 1.54) is 43.5 Å². The number of sulfonamides is 1. The second kappa shape index (κ2) is 10.6. The summed E-state index contributed by atoms with van der Waals surface area (Å²) in [4.78, 5) is 31.2. The molecule has 0 amide bonds. The Balaban J connectivity index is 2.62. The average Bonchev–Trinajstić information content (AvgIpc) is 2.70. The number of aromatic nitrogens is 2. The fourth-order valence-electron chi connectivity index (χ4n) is 2.95. The van der Waals surface area contributed by atoms with Crippen molar-refractivity contribution in [3.63, 3.8) is 0 Å². The van der Waals surface area contributed by atoms with Gasteiger partial charge in [-0.2, -0.15) is 0 Å². The zero-order valence-corrected chi connectivity index (χ0v) is 19.5. The van der Waals surface area contributed by atoms with Crippen LogP contribution in [0.15, 0.2) is 30.3 Å². The molecule has 0 aliphatic carbocycles. The fraction of sp³-hybridized carbons (Fsp3) is 0.364. The number of hydrogen-bond donors (Lipinski definition) is 2. The highest BCUT2D eigenvalue weighted by molar-refractivity contribution is 7.92. The summed E-state index contributed by atoms with van der Waals surface area (Å²) in [6.07, 6.45) is 1.49. The number of benzene rings is 1. The first-order chi connectivity index (χ1) is 15.3. The molecule has 11 heteroatoms. The molecular formula is C22H26FN3O6S. The largest absolute Gasteiger partial charge is 0.481 e. The lowest BCUT2D eigenvalue weighted by Gasteiger charge is -2.20. The molecule has 0 bridgehead atoms. The van der Waals surface area contributed by atoms with E-state index in [2.05, 4.69) is 9.97 Å². The number of ketones is 1. The number of halogens is 1. The van der Waals surface area contributed by atoms with E-state index in [0.717, 1.165) is 10.6 Å². The Bertz CT molecular complexity index is 1160. The first-order valence-corrected chi connectivity index (χ1v) is 11.9. The smallest absolute Gasteiger partial charge is 0.310 e. The molecule has 2 rings (SSSR count). The third-order valence-corrected chi connectivity index (χ3v) is 5.84. The molecule has 9 nitrogen and oxygen atoms in total. The molecule has 1 heterocycles. The second-order valence-electron chi connectivity index (χ2n) is 7.80. The highest BCUT2D eigenvalue weighted by Crippen LogP contribution is 2.31. The van der Waals surface area contributed by atoms with Gasteiger partial charge in [-0.1, -0.05) is 26.0 Å². The third kappa shape index (κ3) is 7.16. The molecule has 0 fully saturated rings. The monoisotopic (exact) mass is 479 g/mol. The molecule has 0 spiro atoms. The van der Waals surface area contributed by atoms with Gasteiger partial charge < -0.3 is 10.2 Å². The van der Waals surface area contributed by atoms with Gasteiger partial charge in [0.2, 0.25) is 16.0 Å². The molecule has 0 unspecified atom stereocenters. The van der Waals surface area contributed by atoms with E-state index in [0.29, 0.717) is 22.5 Å². The van der Waals surface area contributed by atoms with Crippen LogP contribution in [0.1, 0.15) is 43.9 Å². The van der Waals surface area contributed by atoms with Gasteiger partial charge in [0.05, 0.1) is 23.7 Å². The predicted molar refractivity (Wildman–Crippen MR) is 122 cm³/mol. The minimum absolute atomic E-state index is 0.0742. The quantitative estimate of drug-likeness (QED) is 0.496. The van der Waals surface area contributed by atoms with Gasteiger partial charge in [0.1, 0.15) is 18.0 Å². The van der Waals surface area contributed by atoms with Gasteiger partial charge in [0, 0.05) is 24.6 Å². The maximum atomic E-state index is 13.5. The van der Waals surface area contributed by atoms with E-state index >= 15 is 0 Å². The minimum atomic E-state index is -3.66. The molecule has 0 saturated heterocycles. The van der Waals surface area contributed by atoms with E-state index in [1.807, 2.05) is 13.8 Å². The third-order valence-electron chi connectivity index (χ3n) is 4.68. The zero-order valence-electron chi connectivity index (χ0n) is 18.7. The van der Waals surface area contributed by atoms with Crippen LogP contribution in [-0.2, 0) is 19.6 Å². The van der Waals surface area contributed by atoms with Crippen LogP contribution in [0.4, 0.5) is 10.3 Å². The highest BCUT2D eigenvalue weighted by Gasteiger charge is 2.22. The maximum absolute atomic E-state index is 13.5. The van der Waals surface area contributed by atoms with Gasteiger partial charge in [0.25, 0.3) is 0 Å². The topological polar surface area (TPSA) is 138 Å². The Morgan fingerprint density at radius 1 is 1.18 bits per heavy atom. The Kier molecular flexibility index (Phi) is 8.39. The molecule has 0 aliphatic heterocycles. The van der Waals surface area contributed by atoms with Crippen LogP contribution in [0, 0.1) is 5.82 Å². The van der Waals surface area contributed by atoms with Crippen molar-refractivity contribution >= 4 is 33.8 Å². The second-order valence-corrected chi connectivity index (χ2v) is 9.82. The number of rotatable bonds is 10. The molecule has 1 aromatic heterocycles.